The number of aromatic nitrogens is 1. The molecule has 0 amide bonds. The molecule has 1 aromatic heterocycles. The van der Waals surface area contributed by atoms with Crippen LogP contribution in [0, 0.1) is 5.41 Å². The Hall–Kier alpha value is -1.52. The van der Waals surface area contributed by atoms with Gasteiger partial charge in [-0.2, -0.15) is 13.2 Å². The average molecular weight is 257 g/mol. The van der Waals surface area contributed by atoms with Crippen molar-refractivity contribution in [2.45, 2.75) is 33.4 Å². The molecule has 0 spiro atoms. The van der Waals surface area contributed by atoms with E-state index in [0.717, 1.165) is 12.1 Å². The van der Waals surface area contributed by atoms with Gasteiger partial charge >= 0.3 is 6.18 Å². The van der Waals surface area contributed by atoms with Crippen LogP contribution in [0.2, 0.25) is 0 Å². The van der Waals surface area contributed by atoms with Crippen molar-refractivity contribution < 1.29 is 17.6 Å². The van der Waals surface area contributed by atoms with E-state index in [1.165, 1.54) is 6.07 Å². The third-order valence-corrected chi connectivity index (χ3v) is 2.44. The molecule has 1 aromatic carbocycles. The molecule has 0 aliphatic rings. The Morgan fingerprint density at radius 1 is 1.17 bits per heavy atom. The van der Waals surface area contributed by atoms with Gasteiger partial charge in [-0.3, -0.25) is 0 Å². The molecule has 0 atom stereocenters. The lowest BCUT2D eigenvalue weighted by Gasteiger charge is -2.14. The second-order valence-corrected chi connectivity index (χ2v) is 5.53. The van der Waals surface area contributed by atoms with Crippen LogP contribution in [0.15, 0.2) is 22.6 Å². The molecule has 2 aromatic rings. The standard InChI is InChI=1S/C13H14F3NO/c1-12(2,3)7-11-17-9-6-8(13(14,15)16)4-5-10(9)18-11/h4-6H,7H2,1-3H3. The molecule has 0 radical (unpaired) electrons. The molecule has 0 N–H and O–H groups in total. The number of nitrogens with zero attached hydrogens (tertiary/aromatic N) is 1. The number of hydrogen-bond acceptors (Lipinski definition) is 2. The molecule has 1 heterocycles. The van der Waals surface area contributed by atoms with Crippen molar-refractivity contribution in [2.75, 3.05) is 0 Å². The summed E-state index contributed by atoms with van der Waals surface area (Å²) in [5.41, 5.74) is -0.0785. The average Bonchev–Trinajstić information content (AvgIpc) is 2.53. The van der Waals surface area contributed by atoms with E-state index in [2.05, 4.69) is 4.98 Å². The summed E-state index contributed by atoms with van der Waals surface area (Å²) in [7, 11) is 0. The minimum atomic E-state index is -4.35. The first kappa shape index (κ1) is 12.9. The van der Waals surface area contributed by atoms with Crippen LogP contribution in [-0.4, -0.2) is 4.98 Å². The van der Waals surface area contributed by atoms with Gasteiger partial charge in [-0.1, -0.05) is 20.8 Å². The first-order valence-electron chi connectivity index (χ1n) is 5.62. The summed E-state index contributed by atoms with van der Waals surface area (Å²) in [5, 5.41) is 0. The molecular weight excluding hydrogens is 243 g/mol. The second-order valence-electron chi connectivity index (χ2n) is 5.53. The van der Waals surface area contributed by atoms with Crippen LogP contribution in [0.5, 0.6) is 0 Å². The van der Waals surface area contributed by atoms with Gasteiger partial charge in [-0.25, -0.2) is 4.98 Å². The van der Waals surface area contributed by atoms with E-state index in [-0.39, 0.29) is 10.9 Å². The SMILES string of the molecule is CC(C)(C)Cc1nc2cc(C(F)(F)F)ccc2o1. The van der Waals surface area contributed by atoms with Crippen LogP contribution in [0.25, 0.3) is 11.1 Å². The number of hydrogen-bond donors (Lipinski definition) is 0. The summed E-state index contributed by atoms with van der Waals surface area (Å²) in [6, 6.07) is 3.34. The first-order chi connectivity index (χ1) is 8.15. The van der Waals surface area contributed by atoms with E-state index in [4.69, 9.17) is 4.42 Å². The summed E-state index contributed by atoms with van der Waals surface area (Å²) >= 11 is 0. The predicted octanol–water partition coefficient (Wildman–Crippen LogP) is 4.44. The topological polar surface area (TPSA) is 26.0 Å². The first-order valence-corrected chi connectivity index (χ1v) is 5.62. The lowest BCUT2D eigenvalue weighted by Crippen LogP contribution is -2.09. The molecule has 0 fully saturated rings. The van der Waals surface area contributed by atoms with Crippen LogP contribution in [-0.2, 0) is 12.6 Å². The van der Waals surface area contributed by atoms with Crippen molar-refractivity contribution in [3.8, 4) is 0 Å². The molecule has 98 valence electrons. The van der Waals surface area contributed by atoms with Gasteiger partial charge in [-0.05, 0) is 23.6 Å². The van der Waals surface area contributed by atoms with Crippen molar-refractivity contribution in [3.05, 3.63) is 29.7 Å². The quantitative estimate of drug-likeness (QED) is 0.755. The lowest BCUT2D eigenvalue weighted by molar-refractivity contribution is -0.137. The zero-order valence-corrected chi connectivity index (χ0v) is 10.4. The summed E-state index contributed by atoms with van der Waals surface area (Å²) < 4.78 is 43.0. The fraction of sp³-hybridized carbons (Fsp3) is 0.462. The molecule has 0 saturated heterocycles. The van der Waals surface area contributed by atoms with Crippen LogP contribution < -0.4 is 0 Å². The van der Waals surface area contributed by atoms with E-state index in [1.54, 1.807) is 0 Å². The van der Waals surface area contributed by atoms with Gasteiger partial charge < -0.3 is 4.42 Å². The number of oxazole rings is 1. The summed E-state index contributed by atoms with van der Waals surface area (Å²) in [6.07, 6.45) is -3.76. The number of rotatable bonds is 1. The summed E-state index contributed by atoms with van der Waals surface area (Å²) in [5.74, 6) is 0.469. The number of benzene rings is 1. The Balaban J connectivity index is 2.40. The zero-order chi connectivity index (χ0) is 13.6. The van der Waals surface area contributed by atoms with Crippen molar-refractivity contribution in [2.24, 2.45) is 5.41 Å². The number of fused-ring (bicyclic) bond motifs is 1. The Labute approximate surface area is 103 Å². The molecule has 2 nitrogen and oxygen atoms in total. The van der Waals surface area contributed by atoms with E-state index >= 15 is 0 Å². The normalized spacial score (nSPS) is 13.2. The monoisotopic (exact) mass is 257 g/mol. The summed E-state index contributed by atoms with van der Waals surface area (Å²) in [4.78, 5) is 4.11. The van der Waals surface area contributed by atoms with Crippen LogP contribution in [0.3, 0.4) is 0 Å². The van der Waals surface area contributed by atoms with Crippen LogP contribution in [0.1, 0.15) is 32.2 Å². The maximum Gasteiger partial charge on any atom is 0.416 e. The highest BCUT2D eigenvalue weighted by Crippen LogP contribution is 2.32. The zero-order valence-electron chi connectivity index (χ0n) is 10.4. The van der Waals surface area contributed by atoms with Gasteiger partial charge in [-0.15, -0.1) is 0 Å². The molecule has 0 aliphatic heterocycles. The minimum absolute atomic E-state index is 0.0201. The smallest absolute Gasteiger partial charge is 0.416 e. The maximum atomic E-state index is 12.5. The van der Waals surface area contributed by atoms with Gasteiger partial charge in [0, 0.05) is 6.42 Å². The Bertz CT molecular complexity index is 564. The van der Waals surface area contributed by atoms with Crippen molar-refractivity contribution in [1.82, 2.24) is 4.98 Å². The van der Waals surface area contributed by atoms with E-state index in [1.807, 2.05) is 20.8 Å². The van der Waals surface area contributed by atoms with Crippen molar-refractivity contribution >= 4 is 11.1 Å². The predicted molar refractivity (Wildman–Crippen MR) is 62.2 cm³/mol. The molecule has 18 heavy (non-hydrogen) atoms. The second kappa shape index (κ2) is 4.00. The highest BCUT2D eigenvalue weighted by molar-refractivity contribution is 5.73. The van der Waals surface area contributed by atoms with Gasteiger partial charge in [0.2, 0.25) is 0 Å². The third-order valence-electron chi connectivity index (χ3n) is 2.44. The van der Waals surface area contributed by atoms with Gasteiger partial charge in [0.15, 0.2) is 11.5 Å². The van der Waals surface area contributed by atoms with E-state index in [9.17, 15) is 13.2 Å². The molecule has 2 rings (SSSR count). The highest BCUT2D eigenvalue weighted by atomic mass is 19.4. The fourth-order valence-corrected chi connectivity index (χ4v) is 1.68. The van der Waals surface area contributed by atoms with Crippen molar-refractivity contribution in [3.63, 3.8) is 0 Å². The van der Waals surface area contributed by atoms with Gasteiger partial charge in [0.25, 0.3) is 0 Å². The van der Waals surface area contributed by atoms with Crippen molar-refractivity contribution in [1.29, 1.82) is 0 Å². The maximum absolute atomic E-state index is 12.5. The number of halogens is 3. The molecule has 0 unspecified atom stereocenters. The largest absolute Gasteiger partial charge is 0.441 e. The van der Waals surface area contributed by atoms with Gasteiger partial charge in [0.1, 0.15) is 5.52 Å². The molecule has 0 bridgehead atoms. The van der Waals surface area contributed by atoms with Crippen LogP contribution in [0.4, 0.5) is 13.2 Å². The molecular formula is C13H14F3NO. The Kier molecular flexibility index (Phi) is 2.87. The Morgan fingerprint density at radius 2 is 1.83 bits per heavy atom. The van der Waals surface area contributed by atoms with E-state index < -0.39 is 11.7 Å². The molecule has 0 aliphatic carbocycles. The minimum Gasteiger partial charge on any atom is -0.441 e. The fourth-order valence-electron chi connectivity index (χ4n) is 1.68. The van der Waals surface area contributed by atoms with E-state index in [0.29, 0.717) is 17.9 Å². The van der Waals surface area contributed by atoms with Crippen LogP contribution >= 0.6 is 0 Å². The van der Waals surface area contributed by atoms with Gasteiger partial charge in [0.05, 0.1) is 5.56 Å². The highest BCUT2D eigenvalue weighted by Gasteiger charge is 2.31. The number of alkyl halides is 3. The Morgan fingerprint density at radius 3 is 2.39 bits per heavy atom. The third kappa shape index (κ3) is 2.83. The lowest BCUT2D eigenvalue weighted by atomic mass is 9.92. The molecule has 0 saturated carbocycles. The molecule has 5 heteroatoms. The summed E-state index contributed by atoms with van der Waals surface area (Å²) in [6.45, 7) is 6.05.